The Balaban J connectivity index is 1.45. The minimum absolute atomic E-state index is 0.0494. The molecule has 1 N–H and O–H groups in total. The van der Waals surface area contributed by atoms with Crippen molar-refractivity contribution in [3.63, 3.8) is 0 Å². The molecule has 2 heterocycles. The van der Waals surface area contributed by atoms with Crippen molar-refractivity contribution in [2.45, 2.75) is 38.8 Å². The number of ether oxygens (including phenoxy) is 1. The number of imidazole rings is 1. The first-order chi connectivity index (χ1) is 15.3. The molecule has 1 aliphatic heterocycles. The van der Waals surface area contributed by atoms with Crippen LogP contribution in [0.1, 0.15) is 35.9 Å². The number of aliphatic hydroxyl groups is 1. The van der Waals surface area contributed by atoms with Gasteiger partial charge in [-0.1, -0.05) is 19.1 Å². The molecular formula is C24H28N2O5S. The number of carbonyl (C=O) groups excluding carboxylic acids is 1. The summed E-state index contributed by atoms with van der Waals surface area (Å²) in [6, 6.07) is 14.6. The number of aromatic nitrogens is 2. The van der Waals surface area contributed by atoms with E-state index in [0.717, 1.165) is 16.9 Å². The fourth-order valence-electron chi connectivity index (χ4n) is 4.17. The van der Waals surface area contributed by atoms with Crippen LogP contribution in [0.3, 0.4) is 0 Å². The Morgan fingerprint density at radius 3 is 2.66 bits per heavy atom. The summed E-state index contributed by atoms with van der Waals surface area (Å²) in [5, 5.41) is 10.7. The second-order valence-electron chi connectivity index (χ2n) is 8.37. The van der Waals surface area contributed by atoms with Gasteiger partial charge in [-0.2, -0.15) is 0 Å². The lowest BCUT2D eigenvalue weighted by Gasteiger charge is -2.17. The molecule has 32 heavy (non-hydrogen) atoms. The maximum Gasteiger partial charge on any atom is 0.162 e. The average molecular weight is 457 g/mol. The van der Waals surface area contributed by atoms with Crippen LogP contribution < -0.4 is 4.74 Å². The quantitative estimate of drug-likeness (QED) is 0.497. The van der Waals surface area contributed by atoms with E-state index in [9.17, 15) is 18.3 Å². The van der Waals surface area contributed by atoms with E-state index >= 15 is 0 Å². The van der Waals surface area contributed by atoms with Crippen molar-refractivity contribution in [3.8, 4) is 5.75 Å². The van der Waals surface area contributed by atoms with Gasteiger partial charge in [-0.25, -0.2) is 13.4 Å². The molecule has 0 aliphatic carbocycles. The molecule has 0 saturated carbocycles. The van der Waals surface area contributed by atoms with Crippen LogP contribution in [0.2, 0.25) is 0 Å². The van der Waals surface area contributed by atoms with Gasteiger partial charge in [-0.15, -0.1) is 0 Å². The summed E-state index contributed by atoms with van der Waals surface area (Å²) in [5.74, 6) is 1.92. The Morgan fingerprint density at radius 2 is 1.97 bits per heavy atom. The molecule has 1 saturated heterocycles. The number of rotatable bonds is 9. The molecule has 1 fully saturated rings. The van der Waals surface area contributed by atoms with Gasteiger partial charge in [0.15, 0.2) is 15.6 Å². The molecule has 0 radical (unpaired) electrons. The summed E-state index contributed by atoms with van der Waals surface area (Å²) in [4.78, 5) is 16.5. The van der Waals surface area contributed by atoms with E-state index in [4.69, 9.17) is 9.72 Å². The van der Waals surface area contributed by atoms with E-state index in [1.54, 1.807) is 24.3 Å². The summed E-state index contributed by atoms with van der Waals surface area (Å²) in [7, 11) is -2.96. The molecule has 1 aliphatic rings. The Morgan fingerprint density at radius 1 is 1.22 bits per heavy atom. The molecular weight excluding hydrogens is 428 g/mol. The third-order valence-electron chi connectivity index (χ3n) is 5.86. The Labute approximate surface area is 188 Å². The highest BCUT2D eigenvalue weighted by Crippen LogP contribution is 2.25. The van der Waals surface area contributed by atoms with Crippen LogP contribution in [0, 0.1) is 5.92 Å². The molecule has 170 valence electrons. The van der Waals surface area contributed by atoms with Gasteiger partial charge in [0.2, 0.25) is 0 Å². The lowest BCUT2D eigenvalue weighted by Crippen LogP contribution is -2.25. The van der Waals surface area contributed by atoms with Gasteiger partial charge in [-0.05, 0) is 48.7 Å². The molecule has 0 spiro atoms. The van der Waals surface area contributed by atoms with E-state index in [1.807, 2.05) is 35.8 Å². The number of ketones is 1. The van der Waals surface area contributed by atoms with Gasteiger partial charge in [0.25, 0.3) is 0 Å². The van der Waals surface area contributed by atoms with Gasteiger partial charge in [0, 0.05) is 18.4 Å². The monoisotopic (exact) mass is 456 g/mol. The molecule has 2 aromatic carbocycles. The lowest BCUT2D eigenvalue weighted by atomic mass is 10.1. The minimum atomic E-state index is -2.96. The van der Waals surface area contributed by atoms with Crippen molar-refractivity contribution in [2.75, 3.05) is 18.1 Å². The molecule has 7 nitrogen and oxygen atoms in total. The predicted molar refractivity (Wildman–Crippen MR) is 123 cm³/mol. The predicted octanol–water partition coefficient (Wildman–Crippen LogP) is 3.05. The number of fused-ring (bicyclic) bond motifs is 1. The van der Waals surface area contributed by atoms with Crippen molar-refractivity contribution in [1.82, 2.24) is 9.55 Å². The number of nitrogens with zero attached hydrogens (tertiary/aromatic N) is 2. The number of benzene rings is 2. The highest BCUT2D eigenvalue weighted by Gasteiger charge is 2.29. The van der Waals surface area contributed by atoms with Crippen LogP contribution in [0.4, 0.5) is 0 Å². The van der Waals surface area contributed by atoms with E-state index < -0.39 is 15.9 Å². The third kappa shape index (κ3) is 5.19. The highest BCUT2D eigenvalue weighted by atomic mass is 32.2. The molecule has 4 rings (SSSR count). The SMILES string of the molecule is CCC(=O)c1ccc(OCC(O)Cn2c(CC3CCS(=O)(=O)C3)nc3ccccc32)cc1. The molecule has 1 aromatic heterocycles. The van der Waals surface area contributed by atoms with Crippen molar-refractivity contribution >= 4 is 26.7 Å². The van der Waals surface area contributed by atoms with Crippen molar-refractivity contribution in [1.29, 1.82) is 0 Å². The normalized spacial score (nSPS) is 18.6. The van der Waals surface area contributed by atoms with Crippen LogP contribution in [0.5, 0.6) is 5.75 Å². The topological polar surface area (TPSA) is 98.5 Å². The van der Waals surface area contributed by atoms with Crippen molar-refractivity contribution in [3.05, 3.63) is 59.9 Å². The van der Waals surface area contributed by atoms with Gasteiger partial charge in [-0.3, -0.25) is 4.79 Å². The lowest BCUT2D eigenvalue weighted by molar-refractivity contribution is 0.0924. The number of sulfone groups is 1. The standard InChI is InChI=1S/C24H28N2O5S/c1-2-23(28)18-7-9-20(10-8-18)31-15-19(27)14-26-22-6-4-3-5-21(22)25-24(26)13-17-11-12-32(29,30)16-17/h3-10,17,19,27H,2,11-16H2,1H3. The smallest absolute Gasteiger partial charge is 0.162 e. The number of aliphatic hydroxyl groups excluding tert-OH is 1. The Kier molecular flexibility index (Phi) is 6.62. The third-order valence-corrected chi connectivity index (χ3v) is 7.70. The second-order valence-corrected chi connectivity index (χ2v) is 10.6. The highest BCUT2D eigenvalue weighted by molar-refractivity contribution is 7.91. The van der Waals surface area contributed by atoms with E-state index in [0.29, 0.717) is 37.1 Å². The summed E-state index contributed by atoms with van der Waals surface area (Å²) in [5.41, 5.74) is 2.38. The fourth-order valence-corrected chi connectivity index (χ4v) is 6.04. The van der Waals surface area contributed by atoms with Crippen LogP contribution in [-0.2, 0) is 22.8 Å². The first-order valence-electron chi connectivity index (χ1n) is 10.9. The molecule has 2 atom stereocenters. The number of hydrogen-bond acceptors (Lipinski definition) is 6. The van der Waals surface area contributed by atoms with Gasteiger partial charge >= 0.3 is 0 Å². The van der Waals surface area contributed by atoms with Crippen LogP contribution >= 0.6 is 0 Å². The Bertz CT molecular complexity index is 1200. The van der Waals surface area contributed by atoms with Gasteiger partial charge < -0.3 is 14.4 Å². The second kappa shape index (κ2) is 9.42. The summed E-state index contributed by atoms with van der Waals surface area (Å²) >= 11 is 0. The van der Waals surface area contributed by atoms with Gasteiger partial charge in [0.05, 0.1) is 29.1 Å². The number of para-hydroxylation sites is 2. The van der Waals surface area contributed by atoms with Crippen LogP contribution in [-0.4, -0.2) is 53.1 Å². The molecule has 3 aromatic rings. The number of carbonyl (C=O) groups is 1. The van der Waals surface area contributed by atoms with E-state index in [-0.39, 0.29) is 29.8 Å². The molecule has 2 unspecified atom stereocenters. The number of hydrogen-bond donors (Lipinski definition) is 1. The molecule has 0 amide bonds. The Hall–Kier alpha value is -2.71. The van der Waals surface area contributed by atoms with Gasteiger partial charge in [0.1, 0.15) is 24.3 Å². The van der Waals surface area contributed by atoms with Crippen molar-refractivity contribution in [2.24, 2.45) is 5.92 Å². The zero-order valence-corrected chi connectivity index (χ0v) is 18.9. The average Bonchev–Trinajstić information content (AvgIpc) is 3.31. The van der Waals surface area contributed by atoms with Crippen LogP contribution in [0.15, 0.2) is 48.5 Å². The minimum Gasteiger partial charge on any atom is -0.491 e. The first kappa shape index (κ1) is 22.5. The largest absolute Gasteiger partial charge is 0.491 e. The first-order valence-corrected chi connectivity index (χ1v) is 12.8. The van der Waals surface area contributed by atoms with E-state index in [2.05, 4.69) is 0 Å². The zero-order valence-electron chi connectivity index (χ0n) is 18.1. The van der Waals surface area contributed by atoms with Crippen LogP contribution in [0.25, 0.3) is 11.0 Å². The molecule has 8 heteroatoms. The maximum absolute atomic E-state index is 11.9. The summed E-state index contributed by atoms with van der Waals surface area (Å²) in [6.45, 7) is 2.20. The van der Waals surface area contributed by atoms with E-state index in [1.165, 1.54) is 0 Å². The van der Waals surface area contributed by atoms with Crippen molar-refractivity contribution < 1.29 is 23.1 Å². The fraction of sp³-hybridized carbons (Fsp3) is 0.417. The maximum atomic E-state index is 11.9. The molecule has 0 bridgehead atoms. The number of Topliss-reactive ketones (excluding diaryl/α,β-unsaturated/α-hetero) is 1. The zero-order chi connectivity index (χ0) is 22.7. The summed E-state index contributed by atoms with van der Waals surface area (Å²) < 4.78 is 31.4. The summed E-state index contributed by atoms with van der Waals surface area (Å²) in [6.07, 6.45) is 0.880.